The molecule has 5 rings (SSSR count). The summed E-state index contributed by atoms with van der Waals surface area (Å²) in [5.74, 6) is -1.39. The van der Waals surface area contributed by atoms with E-state index in [1.54, 1.807) is 13.8 Å². The van der Waals surface area contributed by atoms with Crippen molar-refractivity contribution < 1.29 is 37.1 Å². The summed E-state index contributed by atoms with van der Waals surface area (Å²) >= 11 is 0. The molecule has 2 N–H and O–H groups in total. The molecule has 1 aromatic heterocycles. The van der Waals surface area contributed by atoms with Crippen LogP contribution in [0.3, 0.4) is 0 Å². The Kier molecular flexibility index (Phi) is 9.83. The molecule has 0 bridgehead atoms. The van der Waals surface area contributed by atoms with E-state index in [2.05, 4.69) is 10.3 Å². The molecule has 0 amide bonds. The number of fused-ring (bicyclic) bond motifs is 1. The lowest BCUT2D eigenvalue weighted by molar-refractivity contribution is -0.143. The number of benzene rings is 2. The summed E-state index contributed by atoms with van der Waals surface area (Å²) in [6.45, 7) is 9.64. The van der Waals surface area contributed by atoms with Gasteiger partial charge in [0.05, 0.1) is 24.6 Å². The number of aliphatic hydroxyl groups is 2. The van der Waals surface area contributed by atoms with E-state index in [-0.39, 0.29) is 37.6 Å². The predicted molar refractivity (Wildman–Crippen MR) is 167 cm³/mol. The number of esters is 1. The summed E-state index contributed by atoms with van der Waals surface area (Å²) < 4.78 is 44.3. The van der Waals surface area contributed by atoms with E-state index in [9.17, 15) is 23.4 Å². The number of carbonyl (C=O) groups is 1. The molecule has 3 aromatic rings. The number of carbonyl (C=O) groups excluding carboxylic acids is 1. The molecule has 12 nitrogen and oxygen atoms in total. The minimum atomic E-state index is -4.19. The quantitative estimate of drug-likeness (QED) is 0.289. The molecule has 2 aliphatic rings. The Morgan fingerprint density at radius 1 is 1.16 bits per heavy atom. The van der Waals surface area contributed by atoms with E-state index >= 15 is 0 Å². The number of aliphatic hydroxyl groups excluding tert-OH is 2. The van der Waals surface area contributed by atoms with Crippen LogP contribution in [-0.2, 0) is 35.3 Å². The highest BCUT2D eigenvalue weighted by atomic mass is 32.2. The van der Waals surface area contributed by atoms with Gasteiger partial charge in [0.2, 0.25) is 0 Å². The Balaban J connectivity index is 1.53. The highest BCUT2D eigenvalue weighted by Crippen LogP contribution is 2.39. The molecule has 1 unspecified atom stereocenters. The van der Waals surface area contributed by atoms with Gasteiger partial charge in [-0.05, 0) is 86.3 Å². The van der Waals surface area contributed by atoms with Gasteiger partial charge in [0.25, 0.3) is 5.95 Å². The third kappa shape index (κ3) is 6.86. The molecule has 3 heterocycles. The molecule has 2 aromatic carbocycles. The van der Waals surface area contributed by atoms with Gasteiger partial charge in [0, 0.05) is 44.9 Å². The minimum absolute atomic E-state index is 0.0384. The monoisotopic (exact) mass is 642 g/mol. The number of hydrogen-bond donors (Lipinski definition) is 2. The molecule has 2 aliphatic heterocycles. The fourth-order valence-corrected chi connectivity index (χ4v) is 7.74. The van der Waals surface area contributed by atoms with Gasteiger partial charge in [0.15, 0.2) is 0 Å². The summed E-state index contributed by atoms with van der Waals surface area (Å²) in [4.78, 5) is 12.9. The second kappa shape index (κ2) is 13.5. The minimum Gasteiger partial charge on any atom is -0.480 e. The zero-order chi connectivity index (χ0) is 32.4. The van der Waals surface area contributed by atoms with Gasteiger partial charge in [-0.3, -0.25) is 4.79 Å². The lowest BCUT2D eigenvalue weighted by atomic mass is 9.77. The molecule has 1 fully saturated rings. The molecule has 244 valence electrons. The number of rotatable bonds is 11. The molecule has 0 radical (unpaired) electrons. The Morgan fingerprint density at radius 2 is 1.91 bits per heavy atom. The summed E-state index contributed by atoms with van der Waals surface area (Å²) in [5.41, 5.74) is 5.71. The van der Waals surface area contributed by atoms with Crippen LogP contribution in [0, 0.1) is 19.3 Å². The molecular formula is C32H42N4O8S. The first-order valence-corrected chi connectivity index (χ1v) is 16.7. The standard InChI is InChI=1S/C32H42N4O8S/c1-5-43-30(39)19-27(24-7-6-21(2)26(18-24)23(4)36-14-10-29(38)44-45(36,40)41)25-8-9-28-31(22(25)3)33-34-35(28)20-32(11-15-37)12-16-42-17-13-32/h6-10,18,23,27,37-38H,5,11-17,19-20H2,1-4H3/t23-,27?/m1/s1. The smallest absolute Gasteiger partial charge is 0.388 e. The van der Waals surface area contributed by atoms with Crippen molar-refractivity contribution in [2.24, 2.45) is 5.41 Å². The van der Waals surface area contributed by atoms with Crippen molar-refractivity contribution >= 4 is 27.3 Å². The van der Waals surface area contributed by atoms with Crippen LogP contribution in [0.15, 0.2) is 42.4 Å². The van der Waals surface area contributed by atoms with Crippen LogP contribution in [0.25, 0.3) is 11.0 Å². The van der Waals surface area contributed by atoms with Crippen molar-refractivity contribution in [1.29, 1.82) is 0 Å². The van der Waals surface area contributed by atoms with Crippen molar-refractivity contribution in [3.8, 4) is 0 Å². The van der Waals surface area contributed by atoms with Crippen LogP contribution >= 0.6 is 0 Å². The number of nitrogens with zero attached hydrogens (tertiary/aromatic N) is 4. The van der Waals surface area contributed by atoms with Gasteiger partial charge in [-0.2, -0.15) is 12.7 Å². The van der Waals surface area contributed by atoms with E-state index in [0.717, 1.165) is 51.7 Å². The van der Waals surface area contributed by atoms with E-state index in [1.807, 2.05) is 48.9 Å². The average Bonchev–Trinajstić information content (AvgIpc) is 3.39. The summed E-state index contributed by atoms with van der Waals surface area (Å²) in [6.07, 6.45) is 3.72. The summed E-state index contributed by atoms with van der Waals surface area (Å²) in [7, 11) is -4.19. The Bertz CT molecular complexity index is 1670. The van der Waals surface area contributed by atoms with E-state index in [0.29, 0.717) is 26.2 Å². The molecule has 0 saturated carbocycles. The summed E-state index contributed by atoms with van der Waals surface area (Å²) in [6, 6.07) is 9.18. The van der Waals surface area contributed by atoms with Gasteiger partial charge >= 0.3 is 16.3 Å². The van der Waals surface area contributed by atoms with Crippen molar-refractivity contribution in [2.45, 2.75) is 71.9 Å². The lowest BCUT2D eigenvalue weighted by Crippen LogP contribution is -2.38. The van der Waals surface area contributed by atoms with E-state index in [1.165, 1.54) is 10.4 Å². The Hall–Kier alpha value is -3.52. The van der Waals surface area contributed by atoms with Gasteiger partial charge in [-0.15, -0.1) is 5.10 Å². The molecule has 0 spiro atoms. The summed E-state index contributed by atoms with van der Waals surface area (Å²) in [5, 5.41) is 28.5. The molecule has 13 heteroatoms. The van der Waals surface area contributed by atoms with Crippen LogP contribution in [0.2, 0.25) is 0 Å². The second-order valence-electron chi connectivity index (χ2n) is 12.0. The number of aryl methyl sites for hydroxylation is 2. The molecular weight excluding hydrogens is 600 g/mol. The fraction of sp³-hybridized carbons (Fsp3) is 0.531. The molecule has 45 heavy (non-hydrogen) atoms. The maximum atomic E-state index is 12.9. The van der Waals surface area contributed by atoms with Crippen molar-refractivity contribution in [1.82, 2.24) is 19.3 Å². The van der Waals surface area contributed by atoms with Crippen molar-refractivity contribution in [2.75, 3.05) is 33.0 Å². The van der Waals surface area contributed by atoms with Crippen LogP contribution in [0.1, 0.15) is 79.3 Å². The van der Waals surface area contributed by atoms with Gasteiger partial charge in [-0.1, -0.05) is 29.5 Å². The van der Waals surface area contributed by atoms with Crippen LogP contribution in [0.5, 0.6) is 0 Å². The average molecular weight is 643 g/mol. The third-order valence-electron chi connectivity index (χ3n) is 9.23. The first kappa shape index (κ1) is 32.9. The topological polar surface area (TPSA) is 153 Å². The zero-order valence-electron chi connectivity index (χ0n) is 26.2. The molecule has 1 saturated heterocycles. The van der Waals surface area contributed by atoms with Gasteiger partial charge < -0.3 is 23.9 Å². The first-order valence-electron chi connectivity index (χ1n) is 15.4. The predicted octanol–water partition coefficient (Wildman–Crippen LogP) is 4.35. The maximum absolute atomic E-state index is 12.9. The number of hydrogen-bond acceptors (Lipinski definition) is 10. The van der Waals surface area contributed by atoms with Crippen molar-refractivity contribution in [3.05, 3.63) is 70.2 Å². The number of aromatic nitrogens is 3. The Morgan fingerprint density at radius 3 is 2.60 bits per heavy atom. The second-order valence-corrected chi connectivity index (χ2v) is 13.5. The highest BCUT2D eigenvalue weighted by Gasteiger charge is 2.36. The van der Waals surface area contributed by atoms with Gasteiger partial charge in [0.1, 0.15) is 5.52 Å². The Labute approximate surface area is 263 Å². The highest BCUT2D eigenvalue weighted by molar-refractivity contribution is 7.84. The van der Waals surface area contributed by atoms with Crippen molar-refractivity contribution in [3.63, 3.8) is 0 Å². The zero-order valence-corrected chi connectivity index (χ0v) is 27.0. The fourth-order valence-electron chi connectivity index (χ4n) is 6.60. The van der Waals surface area contributed by atoms with Crippen LogP contribution in [-0.4, -0.2) is 76.9 Å². The SMILES string of the molecule is CCOC(=O)CC(c1ccc(C)c([C@@H](C)N2CC=C(O)OS2(=O)=O)c1)c1ccc2c(nnn2CC2(CCO)CCOCC2)c1C. The van der Waals surface area contributed by atoms with Gasteiger partial charge in [-0.25, -0.2) is 4.68 Å². The number of ether oxygens (including phenoxy) is 2. The normalized spacial score (nSPS) is 19.4. The van der Waals surface area contributed by atoms with Crippen LogP contribution < -0.4 is 0 Å². The van der Waals surface area contributed by atoms with E-state index in [4.69, 9.17) is 13.7 Å². The lowest BCUT2D eigenvalue weighted by Gasteiger charge is -2.36. The van der Waals surface area contributed by atoms with Crippen LogP contribution in [0.4, 0.5) is 0 Å². The third-order valence-corrected chi connectivity index (χ3v) is 10.6. The molecule has 0 aliphatic carbocycles. The largest absolute Gasteiger partial charge is 0.480 e. The maximum Gasteiger partial charge on any atom is 0.388 e. The first-order chi connectivity index (χ1) is 21.5. The van der Waals surface area contributed by atoms with E-state index < -0.39 is 28.2 Å². The molecule has 2 atom stereocenters.